The number of aliphatic imine (C=N–C) groups is 1. The summed E-state index contributed by atoms with van der Waals surface area (Å²) < 4.78 is 12.6. The smallest absolute Gasteiger partial charge is 0.191 e. The minimum absolute atomic E-state index is 0.336. The van der Waals surface area contributed by atoms with E-state index in [1.807, 2.05) is 4.68 Å². The van der Waals surface area contributed by atoms with Gasteiger partial charge >= 0.3 is 0 Å². The Balaban J connectivity index is 2.03. The molecule has 0 saturated heterocycles. The van der Waals surface area contributed by atoms with Crippen LogP contribution in [0.25, 0.3) is 0 Å². The van der Waals surface area contributed by atoms with Crippen molar-refractivity contribution in [3.63, 3.8) is 0 Å². The van der Waals surface area contributed by atoms with Crippen molar-refractivity contribution in [2.75, 3.05) is 40.5 Å². The number of methoxy groups -OCH3 is 2. The molecular weight excluding hydrogens is 354 g/mol. The molecule has 7 nitrogen and oxygen atoms in total. The van der Waals surface area contributed by atoms with Gasteiger partial charge in [0.1, 0.15) is 0 Å². The van der Waals surface area contributed by atoms with E-state index in [4.69, 9.17) is 14.5 Å². The summed E-state index contributed by atoms with van der Waals surface area (Å²) in [5, 5.41) is 11.6. The number of aryl methyl sites for hydroxylation is 1. The summed E-state index contributed by atoms with van der Waals surface area (Å²) in [6.45, 7) is 11.0. The first-order valence-corrected chi connectivity index (χ1v) is 10.6. The molecule has 1 saturated carbocycles. The monoisotopic (exact) mass is 393 g/mol. The maximum Gasteiger partial charge on any atom is 0.191 e. The highest BCUT2D eigenvalue weighted by atomic mass is 16.5. The third-order valence-electron chi connectivity index (χ3n) is 5.91. The number of nitrogens with one attached hydrogen (secondary N) is 2. The van der Waals surface area contributed by atoms with Crippen LogP contribution < -0.4 is 10.6 Å². The Morgan fingerprint density at radius 3 is 2.50 bits per heavy atom. The van der Waals surface area contributed by atoms with Crippen molar-refractivity contribution in [3.8, 4) is 0 Å². The number of ether oxygens (including phenoxy) is 2. The van der Waals surface area contributed by atoms with E-state index < -0.39 is 0 Å². The maximum absolute atomic E-state index is 5.35. The van der Waals surface area contributed by atoms with Crippen molar-refractivity contribution in [1.29, 1.82) is 0 Å². The van der Waals surface area contributed by atoms with Gasteiger partial charge in [0, 0.05) is 45.2 Å². The predicted molar refractivity (Wildman–Crippen MR) is 114 cm³/mol. The van der Waals surface area contributed by atoms with Crippen LogP contribution in [0.3, 0.4) is 0 Å². The van der Waals surface area contributed by atoms with Gasteiger partial charge in [-0.05, 0) is 45.4 Å². The molecular formula is C21H39N5O2. The molecule has 0 unspecified atom stereocenters. The van der Waals surface area contributed by atoms with E-state index in [-0.39, 0.29) is 0 Å². The number of rotatable bonds is 11. The zero-order valence-corrected chi connectivity index (χ0v) is 18.4. The van der Waals surface area contributed by atoms with Crippen LogP contribution in [0, 0.1) is 19.3 Å². The zero-order chi connectivity index (χ0) is 20.4. The van der Waals surface area contributed by atoms with Crippen LogP contribution in [0.2, 0.25) is 0 Å². The van der Waals surface area contributed by atoms with Crippen molar-refractivity contribution in [3.05, 3.63) is 17.0 Å². The normalized spacial score (nSPS) is 16.5. The molecule has 1 fully saturated rings. The van der Waals surface area contributed by atoms with Gasteiger partial charge in [-0.1, -0.05) is 12.8 Å². The summed E-state index contributed by atoms with van der Waals surface area (Å²) in [5.41, 5.74) is 3.74. The second-order valence-electron chi connectivity index (χ2n) is 7.86. The zero-order valence-electron chi connectivity index (χ0n) is 18.4. The highest BCUT2D eigenvalue weighted by Gasteiger charge is 2.33. The molecule has 1 aromatic rings. The highest BCUT2D eigenvalue weighted by Crippen LogP contribution is 2.40. The lowest BCUT2D eigenvalue weighted by atomic mass is 9.83. The van der Waals surface area contributed by atoms with Gasteiger partial charge in [-0.2, -0.15) is 5.10 Å². The third kappa shape index (κ3) is 6.21. The fraction of sp³-hybridized carbons (Fsp3) is 0.810. The van der Waals surface area contributed by atoms with E-state index in [1.165, 1.54) is 36.9 Å². The van der Waals surface area contributed by atoms with Crippen molar-refractivity contribution in [2.45, 2.75) is 66.0 Å². The molecule has 2 N–H and O–H groups in total. The van der Waals surface area contributed by atoms with E-state index in [2.05, 4.69) is 36.5 Å². The third-order valence-corrected chi connectivity index (χ3v) is 5.91. The van der Waals surface area contributed by atoms with E-state index in [0.29, 0.717) is 18.6 Å². The SMILES string of the molecule is CCNC(=NCc1c(C)nn(CCOC)c1C)NCC1(CCOC)CCCC1. The van der Waals surface area contributed by atoms with Crippen molar-refractivity contribution >= 4 is 5.96 Å². The molecule has 1 heterocycles. The van der Waals surface area contributed by atoms with Crippen LogP contribution in [0.1, 0.15) is 56.0 Å². The van der Waals surface area contributed by atoms with Crippen molar-refractivity contribution in [1.82, 2.24) is 20.4 Å². The second kappa shape index (κ2) is 11.4. The Morgan fingerprint density at radius 1 is 1.14 bits per heavy atom. The van der Waals surface area contributed by atoms with Crippen LogP contribution in [0.5, 0.6) is 0 Å². The average molecular weight is 394 g/mol. The molecule has 1 aliphatic rings. The van der Waals surface area contributed by atoms with Gasteiger partial charge in [-0.25, -0.2) is 4.99 Å². The van der Waals surface area contributed by atoms with Crippen LogP contribution in [0.15, 0.2) is 4.99 Å². The first-order valence-electron chi connectivity index (χ1n) is 10.6. The van der Waals surface area contributed by atoms with Crippen LogP contribution >= 0.6 is 0 Å². The van der Waals surface area contributed by atoms with Gasteiger partial charge in [0.25, 0.3) is 0 Å². The van der Waals surface area contributed by atoms with Crippen LogP contribution in [-0.4, -0.2) is 56.3 Å². The van der Waals surface area contributed by atoms with Crippen LogP contribution in [-0.2, 0) is 22.6 Å². The topological polar surface area (TPSA) is 72.7 Å². The Morgan fingerprint density at radius 2 is 1.86 bits per heavy atom. The van der Waals surface area contributed by atoms with Gasteiger partial charge in [0.15, 0.2) is 5.96 Å². The summed E-state index contributed by atoms with van der Waals surface area (Å²) >= 11 is 0. The van der Waals surface area contributed by atoms with Gasteiger partial charge in [0.2, 0.25) is 0 Å². The number of guanidine groups is 1. The summed E-state index contributed by atoms with van der Waals surface area (Å²) in [6, 6.07) is 0. The summed E-state index contributed by atoms with van der Waals surface area (Å²) in [4.78, 5) is 4.85. The second-order valence-corrected chi connectivity index (χ2v) is 7.86. The molecule has 0 spiro atoms. The summed E-state index contributed by atoms with van der Waals surface area (Å²) in [7, 11) is 3.51. The van der Waals surface area contributed by atoms with E-state index >= 15 is 0 Å². The molecule has 160 valence electrons. The van der Waals surface area contributed by atoms with Gasteiger partial charge in [-0.3, -0.25) is 4.68 Å². The minimum atomic E-state index is 0.336. The first kappa shape index (κ1) is 22.7. The lowest BCUT2D eigenvalue weighted by molar-refractivity contribution is 0.138. The molecule has 0 radical (unpaired) electrons. The number of aromatic nitrogens is 2. The molecule has 28 heavy (non-hydrogen) atoms. The lowest BCUT2D eigenvalue weighted by Crippen LogP contribution is -2.43. The van der Waals surface area contributed by atoms with E-state index in [0.717, 1.165) is 44.3 Å². The molecule has 0 atom stereocenters. The van der Waals surface area contributed by atoms with E-state index in [1.54, 1.807) is 14.2 Å². The Kier molecular flexibility index (Phi) is 9.25. The molecule has 1 aromatic heterocycles. The number of hydrogen-bond acceptors (Lipinski definition) is 4. The van der Waals surface area contributed by atoms with E-state index in [9.17, 15) is 0 Å². The molecule has 0 aliphatic heterocycles. The quantitative estimate of drug-likeness (QED) is 0.447. The Labute approximate surface area is 170 Å². The highest BCUT2D eigenvalue weighted by molar-refractivity contribution is 5.79. The van der Waals surface area contributed by atoms with Gasteiger partial charge in [0.05, 0.1) is 25.4 Å². The Bertz CT molecular complexity index is 621. The summed E-state index contributed by atoms with van der Waals surface area (Å²) in [5.74, 6) is 0.884. The fourth-order valence-corrected chi connectivity index (χ4v) is 4.09. The molecule has 1 aliphatic carbocycles. The largest absolute Gasteiger partial charge is 0.385 e. The lowest BCUT2D eigenvalue weighted by Gasteiger charge is -2.30. The van der Waals surface area contributed by atoms with Gasteiger partial charge < -0.3 is 20.1 Å². The van der Waals surface area contributed by atoms with Crippen molar-refractivity contribution < 1.29 is 9.47 Å². The van der Waals surface area contributed by atoms with Crippen molar-refractivity contribution in [2.24, 2.45) is 10.4 Å². The maximum atomic E-state index is 5.35. The minimum Gasteiger partial charge on any atom is -0.385 e. The molecule has 0 amide bonds. The Hall–Kier alpha value is -1.60. The first-order chi connectivity index (χ1) is 13.5. The standard InChI is InChI=1S/C21H39N5O2/c1-6-22-20(24-16-21(11-13-27-4)9-7-8-10-21)23-15-19-17(2)25-26(18(19)3)12-14-28-5/h6-16H2,1-5H3,(H2,22,23,24). The summed E-state index contributed by atoms with van der Waals surface area (Å²) in [6.07, 6.45) is 6.29. The fourth-order valence-electron chi connectivity index (χ4n) is 4.09. The molecule has 7 heteroatoms. The van der Waals surface area contributed by atoms with Gasteiger partial charge in [-0.15, -0.1) is 0 Å². The number of hydrogen-bond donors (Lipinski definition) is 2. The molecule has 2 rings (SSSR count). The number of nitrogens with zero attached hydrogens (tertiary/aromatic N) is 3. The molecule has 0 aromatic carbocycles. The average Bonchev–Trinajstić information content (AvgIpc) is 3.26. The van der Waals surface area contributed by atoms with Crippen LogP contribution in [0.4, 0.5) is 0 Å². The molecule has 0 bridgehead atoms. The predicted octanol–water partition coefficient (Wildman–Crippen LogP) is 2.80.